The van der Waals surface area contributed by atoms with E-state index in [1.165, 1.54) is 10.9 Å². The third-order valence-electron chi connectivity index (χ3n) is 3.84. The maximum Gasteiger partial charge on any atom is 0.417 e. The van der Waals surface area contributed by atoms with Gasteiger partial charge in [-0.1, -0.05) is 0 Å². The molecule has 2 aromatic rings. The molecule has 114 valence electrons. The van der Waals surface area contributed by atoms with E-state index in [4.69, 9.17) is 0 Å². The van der Waals surface area contributed by atoms with E-state index in [0.29, 0.717) is 12.4 Å². The van der Waals surface area contributed by atoms with Crippen LogP contribution in [-0.2, 0) is 12.7 Å². The van der Waals surface area contributed by atoms with Gasteiger partial charge in [0.1, 0.15) is 5.82 Å². The van der Waals surface area contributed by atoms with Gasteiger partial charge in [0.15, 0.2) is 5.65 Å². The fourth-order valence-electron chi connectivity index (χ4n) is 2.71. The molecule has 7 heteroatoms. The average Bonchev–Trinajstić information content (AvgIpc) is 2.89. The molecule has 4 nitrogen and oxygen atoms in total. The Labute approximate surface area is 120 Å². The maximum absolute atomic E-state index is 13.3. The minimum Gasteiger partial charge on any atom is -0.357 e. The molecular formula is C14H17F3N4. The zero-order chi connectivity index (χ0) is 15.0. The molecule has 0 aliphatic carbocycles. The van der Waals surface area contributed by atoms with Crippen LogP contribution in [0.25, 0.3) is 11.0 Å². The molecule has 21 heavy (non-hydrogen) atoms. The van der Waals surface area contributed by atoms with Gasteiger partial charge < -0.3 is 4.90 Å². The van der Waals surface area contributed by atoms with Crippen molar-refractivity contribution < 1.29 is 13.2 Å². The number of pyridine rings is 1. The second-order valence-corrected chi connectivity index (χ2v) is 5.30. The van der Waals surface area contributed by atoms with Crippen molar-refractivity contribution >= 4 is 16.9 Å². The van der Waals surface area contributed by atoms with Crippen molar-refractivity contribution in [2.45, 2.75) is 38.9 Å². The van der Waals surface area contributed by atoms with Crippen molar-refractivity contribution in [2.24, 2.45) is 0 Å². The first-order valence-electron chi connectivity index (χ1n) is 7.19. The molecule has 0 radical (unpaired) electrons. The summed E-state index contributed by atoms with van der Waals surface area (Å²) >= 11 is 0. The van der Waals surface area contributed by atoms with E-state index in [-0.39, 0.29) is 11.0 Å². The SMILES string of the molecule is CCn1cc2c(C(F)(F)F)cc(N3CCCCC3)nc2n1. The van der Waals surface area contributed by atoms with Gasteiger partial charge in [0.2, 0.25) is 0 Å². The van der Waals surface area contributed by atoms with Crippen molar-refractivity contribution in [3.63, 3.8) is 0 Å². The second-order valence-electron chi connectivity index (χ2n) is 5.30. The van der Waals surface area contributed by atoms with E-state index in [2.05, 4.69) is 10.1 Å². The summed E-state index contributed by atoms with van der Waals surface area (Å²) in [6.45, 7) is 3.87. The zero-order valence-corrected chi connectivity index (χ0v) is 11.8. The smallest absolute Gasteiger partial charge is 0.357 e. The topological polar surface area (TPSA) is 34.0 Å². The van der Waals surface area contributed by atoms with E-state index in [9.17, 15) is 13.2 Å². The molecule has 3 heterocycles. The highest BCUT2D eigenvalue weighted by Crippen LogP contribution is 2.36. The molecule has 0 unspecified atom stereocenters. The molecule has 0 bridgehead atoms. The summed E-state index contributed by atoms with van der Waals surface area (Å²) in [4.78, 5) is 6.26. The van der Waals surface area contributed by atoms with Crippen LogP contribution < -0.4 is 4.90 Å². The van der Waals surface area contributed by atoms with Crippen LogP contribution in [0.5, 0.6) is 0 Å². The number of nitrogens with zero attached hydrogens (tertiary/aromatic N) is 4. The van der Waals surface area contributed by atoms with Crippen molar-refractivity contribution in [3.8, 4) is 0 Å². The predicted octanol–water partition coefficient (Wildman–Crippen LogP) is 3.46. The molecule has 0 spiro atoms. The quantitative estimate of drug-likeness (QED) is 0.851. The summed E-state index contributed by atoms with van der Waals surface area (Å²) in [6, 6.07) is 1.16. The Balaban J connectivity index is 2.13. The molecule has 1 fully saturated rings. The lowest BCUT2D eigenvalue weighted by atomic mass is 10.1. The molecule has 0 N–H and O–H groups in total. The fraction of sp³-hybridized carbons (Fsp3) is 0.571. The summed E-state index contributed by atoms with van der Waals surface area (Å²) in [5, 5.41) is 4.21. The number of piperidine rings is 1. The Morgan fingerprint density at radius 3 is 2.52 bits per heavy atom. The minimum absolute atomic E-state index is 0.0742. The number of hydrogen-bond acceptors (Lipinski definition) is 3. The Bertz CT molecular complexity index is 641. The van der Waals surface area contributed by atoms with Gasteiger partial charge in [0.25, 0.3) is 0 Å². The van der Waals surface area contributed by atoms with E-state index in [1.807, 2.05) is 11.8 Å². The first-order chi connectivity index (χ1) is 9.99. The number of hydrogen-bond donors (Lipinski definition) is 0. The number of alkyl halides is 3. The van der Waals surface area contributed by atoms with Crippen molar-refractivity contribution in [1.82, 2.24) is 14.8 Å². The van der Waals surface area contributed by atoms with Crippen LogP contribution in [0.3, 0.4) is 0 Å². The zero-order valence-electron chi connectivity index (χ0n) is 11.8. The molecule has 1 saturated heterocycles. The van der Waals surface area contributed by atoms with E-state index in [1.54, 1.807) is 0 Å². The second kappa shape index (κ2) is 5.20. The van der Waals surface area contributed by atoms with Crippen LogP contribution in [0.15, 0.2) is 12.3 Å². The third-order valence-corrected chi connectivity index (χ3v) is 3.84. The Kier molecular flexibility index (Phi) is 3.51. The average molecular weight is 298 g/mol. The fourth-order valence-corrected chi connectivity index (χ4v) is 2.71. The Morgan fingerprint density at radius 2 is 1.90 bits per heavy atom. The van der Waals surface area contributed by atoms with Gasteiger partial charge >= 0.3 is 6.18 Å². The summed E-state index contributed by atoms with van der Waals surface area (Å²) in [5.74, 6) is 0.385. The largest absolute Gasteiger partial charge is 0.417 e. The Hall–Kier alpha value is -1.79. The molecule has 2 aromatic heterocycles. The van der Waals surface area contributed by atoms with Crippen LogP contribution >= 0.6 is 0 Å². The molecule has 0 atom stereocenters. The monoisotopic (exact) mass is 298 g/mol. The molecular weight excluding hydrogens is 281 g/mol. The van der Waals surface area contributed by atoms with Gasteiger partial charge in [-0.25, -0.2) is 4.98 Å². The molecule has 1 aliphatic rings. The first kappa shape index (κ1) is 14.2. The highest BCUT2D eigenvalue weighted by molar-refractivity contribution is 5.81. The van der Waals surface area contributed by atoms with Crippen LogP contribution in [-0.4, -0.2) is 27.9 Å². The predicted molar refractivity (Wildman–Crippen MR) is 74.3 cm³/mol. The maximum atomic E-state index is 13.3. The molecule has 0 aromatic carbocycles. The highest BCUT2D eigenvalue weighted by Gasteiger charge is 2.35. The van der Waals surface area contributed by atoms with E-state index in [0.717, 1.165) is 38.4 Å². The number of aryl methyl sites for hydroxylation is 1. The lowest BCUT2D eigenvalue weighted by Crippen LogP contribution is -2.30. The molecule has 0 amide bonds. The van der Waals surface area contributed by atoms with Crippen LogP contribution in [0, 0.1) is 0 Å². The lowest BCUT2D eigenvalue weighted by Gasteiger charge is -2.28. The minimum atomic E-state index is -4.40. The standard InChI is InChI=1S/C14H17F3N4/c1-2-21-9-10-11(14(15,16)17)8-12(18-13(10)19-21)20-6-4-3-5-7-20/h8-9H,2-7H2,1H3. The van der Waals surface area contributed by atoms with Crippen molar-refractivity contribution in [2.75, 3.05) is 18.0 Å². The summed E-state index contributed by atoms with van der Waals surface area (Å²) in [7, 11) is 0. The van der Waals surface area contributed by atoms with Crippen molar-refractivity contribution in [1.29, 1.82) is 0 Å². The van der Waals surface area contributed by atoms with Crippen LogP contribution in [0.4, 0.5) is 19.0 Å². The molecule has 1 aliphatic heterocycles. The normalized spacial score (nSPS) is 16.7. The first-order valence-corrected chi connectivity index (χ1v) is 7.19. The van der Waals surface area contributed by atoms with Crippen LogP contribution in [0.2, 0.25) is 0 Å². The van der Waals surface area contributed by atoms with Gasteiger partial charge in [-0.2, -0.15) is 18.3 Å². The van der Waals surface area contributed by atoms with Gasteiger partial charge in [-0.15, -0.1) is 0 Å². The number of fused-ring (bicyclic) bond motifs is 1. The summed E-state index contributed by atoms with van der Waals surface area (Å²) in [6.07, 6.45) is 0.128. The molecule has 3 rings (SSSR count). The summed E-state index contributed by atoms with van der Waals surface area (Å²) in [5.41, 5.74) is -0.472. The molecule has 0 saturated carbocycles. The number of halogens is 3. The van der Waals surface area contributed by atoms with Crippen molar-refractivity contribution in [3.05, 3.63) is 17.8 Å². The number of anilines is 1. The van der Waals surface area contributed by atoms with Gasteiger partial charge in [0, 0.05) is 25.8 Å². The number of rotatable bonds is 2. The Morgan fingerprint density at radius 1 is 1.19 bits per heavy atom. The van der Waals surface area contributed by atoms with Gasteiger partial charge in [0.05, 0.1) is 10.9 Å². The van der Waals surface area contributed by atoms with Gasteiger partial charge in [-0.3, -0.25) is 4.68 Å². The lowest BCUT2D eigenvalue weighted by molar-refractivity contribution is -0.136. The van der Waals surface area contributed by atoms with Gasteiger partial charge in [-0.05, 0) is 32.3 Å². The van der Waals surface area contributed by atoms with E-state index >= 15 is 0 Å². The highest BCUT2D eigenvalue weighted by atomic mass is 19.4. The van der Waals surface area contributed by atoms with Crippen LogP contribution in [0.1, 0.15) is 31.7 Å². The number of aromatic nitrogens is 3. The van der Waals surface area contributed by atoms with E-state index < -0.39 is 11.7 Å². The third kappa shape index (κ3) is 2.69. The summed E-state index contributed by atoms with van der Waals surface area (Å²) < 4.78 is 41.4.